The van der Waals surface area contributed by atoms with Crippen LogP contribution in [0.5, 0.6) is 0 Å². The van der Waals surface area contributed by atoms with E-state index in [1.165, 1.54) is 25.8 Å². The maximum Gasteiger partial charge on any atom is 0.306 e. The Morgan fingerprint density at radius 3 is 2.71 bits per heavy atom. The van der Waals surface area contributed by atoms with Crippen molar-refractivity contribution in [3.05, 3.63) is 0 Å². The highest BCUT2D eigenvalue weighted by Crippen LogP contribution is 2.29. The Morgan fingerprint density at radius 1 is 1.21 bits per heavy atom. The zero-order valence-corrected chi connectivity index (χ0v) is 9.13. The number of halogens is 1. The van der Waals surface area contributed by atoms with E-state index < -0.39 is 5.97 Å². The van der Waals surface area contributed by atoms with Crippen LogP contribution in [0.25, 0.3) is 0 Å². The molecule has 2 rings (SSSR count). The van der Waals surface area contributed by atoms with Crippen LogP contribution in [0.1, 0.15) is 32.1 Å². The lowest BCUT2D eigenvalue weighted by Crippen LogP contribution is -2.46. The molecule has 2 atom stereocenters. The van der Waals surface area contributed by atoms with E-state index in [0.717, 1.165) is 19.4 Å². The summed E-state index contributed by atoms with van der Waals surface area (Å²) in [5, 5.41) is 8.91. The lowest BCUT2D eigenvalue weighted by atomic mass is 9.86. The number of nitrogens with zero attached hydrogens (tertiary/aromatic N) is 1. The Balaban J connectivity index is 0.000000980. The van der Waals surface area contributed by atoms with Crippen LogP contribution in [-0.2, 0) is 4.79 Å². The SMILES string of the molecule is Cl.O=C(O)[C@H]1CCN2CCCCC2C1. The van der Waals surface area contributed by atoms with Crippen molar-refractivity contribution in [1.82, 2.24) is 4.90 Å². The maximum atomic E-state index is 10.8. The summed E-state index contributed by atoms with van der Waals surface area (Å²) in [7, 11) is 0. The van der Waals surface area contributed by atoms with E-state index >= 15 is 0 Å². The number of piperidine rings is 2. The van der Waals surface area contributed by atoms with Crippen LogP contribution >= 0.6 is 12.4 Å². The first-order valence-electron chi connectivity index (χ1n) is 5.24. The Morgan fingerprint density at radius 2 is 2.00 bits per heavy atom. The van der Waals surface area contributed by atoms with Crippen molar-refractivity contribution in [2.75, 3.05) is 13.1 Å². The number of carboxylic acid groups (broad SMARTS) is 1. The maximum absolute atomic E-state index is 10.8. The molecule has 3 nitrogen and oxygen atoms in total. The number of carbonyl (C=O) groups is 1. The van der Waals surface area contributed by atoms with Crippen molar-refractivity contribution in [1.29, 1.82) is 0 Å². The highest BCUT2D eigenvalue weighted by Gasteiger charge is 2.32. The molecule has 0 aromatic heterocycles. The average Bonchev–Trinajstić information content (AvgIpc) is 2.17. The minimum absolute atomic E-state index is 0. The lowest BCUT2D eigenvalue weighted by Gasteiger charge is -2.41. The second-order valence-electron chi connectivity index (χ2n) is 4.25. The molecule has 82 valence electrons. The summed E-state index contributed by atoms with van der Waals surface area (Å²) in [5.41, 5.74) is 0. The Labute approximate surface area is 90.9 Å². The number of aliphatic carboxylic acids is 1. The molecule has 2 aliphatic rings. The van der Waals surface area contributed by atoms with Gasteiger partial charge in [-0.25, -0.2) is 0 Å². The second-order valence-corrected chi connectivity index (χ2v) is 4.25. The van der Waals surface area contributed by atoms with E-state index in [1.807, 2.05) is 0 Å². The van der Waals surface area contributed by atoms with Gasteiger partial charge in [-0.1, -0.05) is 6.42 Å². The molecule has 2 aliphatic heterocycles. The Kier molecular flexibility index (Phi) is 4.20. The van der Waals surface area contributed by atoms with E-state index in [0.29, 0.717) is 6.04 Å². The molecule has 4 heteroatoms. The van der Waals surface area contributed by atoms with Crippen LogP contribution in [-0.4, -0.2) is 35.1 Å². The van der Waals surface area contributed by atoms with Gasteiger partial charge in [0.05, 0.1) is 5.92 Å². The minimum Gasteiger partial charge on any atom is -0.481 e. The minimum atomic E-state index is -0.592. The molecular formula is C10H18ClNO2. The second kappa shape index (κ2) is 4.99. The third-order valence-corrected chi connectivity index (χ3v) is 3.42. The van der Waals surface area contributed by atoms with Crippen molar-refractivity contribution in [3.63, 3.8) is 0 Å². The molecule has 1 N–H and O–H groups in total. The summed E-state index contributed by atoms with van der Waals surface area (Å²) in [6.07, 6.45) is 5.53. The normalized spacial score (nSPS) is 32.9. The van der Waals surface area contributed by atoms with Gasteiger partial charge in [0, 0.05) is 6.04 Å². The summed E-state index contributed by atoms with van der Waals surface area (Å²) in [5.74, 6) is -0.662. The number of hydrogen-bond acceptors (Lipinski definition) is 2. The molecule has 0 bridgehead atoms. The molecule has 0 spiro atoms. The molecule has 0 aliphatic carbocycles. The van der Waals surface area contributed by atoms with Crippen LogP contribution in [0.3, 0.4) is 0 Å². The monoisotopic (exact) mass is 219 g/mol. The van der Waals surface area contributed by atoms with Gasteiger partial charge in [-0.3, -0.25) is 4.79 Å². The molecule has 0 amide bonds. The molecular weight excluding hydrogens is 202 g/mol. The van der Waals surface area contributed by atoms with E-state index in [9.17, 15) is 4.79 Å². The topological polar surface area (TPSA) is 40.5 Å². The molecule has 14 heavy (non-hydrogen) atoms. The van der Waals surface area contributed by atoms with Gasteiger partial charge in [0.2, 0.25) is 0 Å². The number of rotatable bonds is 1. The first-order valence-corrected chi connectivity index (χ1v) is 5.24. The van der Waals surface area contributed by atoms with Crippen LogP contribution in [0.4, 0.5) is 0 Å². The predicted octanol–water partition coefficient (Wildman–Crippen LogP) is 1.76. The van der Waals surface area contributed by atoms with Gasteiger partial charge in [0.25, 0.3) is 0 Å². The van der Waals surface area contributed by atoms with Gasteiger partial charge in [0.15, 0.2) is 0 Å². The van der Waals surface area contributed by atoms with Gasteiger partial charge in [-0.05, 0) is 38.8 Å². The van der Waals surface area contributed by atoms with E-state index in [-0.39, 0.29) is 18.3 Å². The van der Waals surface area contributed by atoms with Crippen LogP contribution < -0.4 is 0 Å². The van der Waals surface area contributed by atoms with Gasteiger partial charge >= 0.3 is 5.97 Å². The van der Waals surface area contributed by atoms with E-state index in [2.05, 4.69) is 4.90 Å². The smallest absolute Gasteiger partial charge is 0.306 e. The molecule has 2 fully saturated rings. The fraction of sp³-hybridized carbons (Fsp3) is 0.900. The molecule has 1 unspecified atom stereocenters. The van der Waals surface area contributed by atoms with E-state index in [4.69, 9.17) is 5.11 Å². The molecule has 0 aromatic carbocycles. The summed E-state index contributed by atoms with van der Waals surface area (Å²) < 4.78 is 0. The first kappa shape index (κ1) is 11.8. The predicted molar refractivity (Wildman–Crippen MR) is 56.8 cm³/mol. The number of carboxylic acids is 1. The third kappa shape index (κ3) is 2.39. The summed E-state index contributed by atoms with van der Waals surface area (Å²) in [4.78, 5) is 13.3. The largest absolute Gasteiger partial charge is 0.481 e. The van der Waals surface area contributed by atoms with Crippen molar-refractivity contribution >= 4 is 18.4 Å². The first-order chi connectivity index (χ1) is 6.27. The van der Waals surface area contributed by atoms with Crippen molar-refractivity contribution in [2.24, 2.45) is 5.92 Å². The third-order valence-electron chi connectivity index (χ3n) is 3.42. The quantitative estimate of drug-likeness (QED) is 0.731. The van der Waals surface area contributed by atoms with Crippen molar-refractivity contribution < 1.29 is 9.90 Å². The molecule has 0 aromatic rings. The van der Waals surface area contributed by atoms with Crippen molar-refractivity contribution in [2.45, 2.75) is 38.1 Å². The number of hydrogen-bond donors (Lipinski definition) is 1. The fourth-order valence-corrected chi connectivity index (χ4v) is 2.61. The van der Waals surface area contributed by atoms with E-state index in [1.54, 1.807) is 0 Å². The molecule has 2 heterocycles. The lowest BCUT2D eigenvalue weighted by molar-refractivity contribution is -0.144. The molecule has 0 radical (unpaired) electrons. The zero-order valence-electron chi connectivity index (χ0n) is 8.32. The zero-order chi connectivity index (χ0) is 9.26. The van der Waals surface area contributed by atoms with Gasteiger partial charge in [0.1, 0.15) is 0 Å². The molecule has 0 saturated carbocycles. The summed E-state index contributed by atoms with van der Waals surface area (Å²) >= 11 is 0. The standard InChI is InChI=1S/C10H17NO2.ClH/c12-10(13)8-4-6-11-5-2-1-3-9(11)7-8;/h8-9H,1-7H2,(H,12,13);1H/t8-,9?;/m0./s1. The van der Waals surface area contributed by atoms with Crippen molar-refractivity contribution in [3.8, 4) is 0 Å². The van der Waals surface area contributed by atoms with Gasteiger partial charge < -0.3 is 10.0 Å². The Hall–Kier alpha value is -0.280. The van der Waals surface area contributed by atoms with Crippen LogP contribution in [0.15, 0.2) is 0 Å². The average molecular weight is 220 g/mol. The Bertz CT molecular complexity index is 210. The van der Waals surface area contributed by atoms with Gasteiger partial charge in [-0.2, -0.15) is 0 Å². The van der Waals surface area contributed by atoms with Crippen LogP contribution in [0.2, 0.25) is 0 Å². The summed E-state index contributed by atoms with van der Waals surface area (Å²) in [6, 6.07) is 0.573. The fourth-order valence-electron chi connectivity index (χ4n) is 2.61. The van der Waals surface area contributed by atoms with Gasteiger partial charge in [-0.15, -0.1) is 12.4 Å². The number of fused-ring (bicyclic) bond motifs is 1. The van der Waals surface area contributed by atoms with Crippen LogP contribution in [0, 0.1) is 5.92 Å². The highest BCUT2D eigenvalue weighted by atomic mass is 35.5. The highest BCUT2D eigenvalue weighted by molar-refractivity contribution is 5.85. The molecule has 2 saturated heterocycles. The summed E-state index contributed by atoms with van der Waals surface area (Å²) in [6.45, 7) is 2.19.